The second-order valence-corrected chi connectivity index (χ2v) is 4.97. The number of hydrogen-bond donors (Lipinski definition) is 0. The van der Waals surface area contributed by atoms with Crippen molar-refractivity contribution in [1.82, 2.24) is 0 Å². The lowest BCUT2D eigenvalue weighted by atomic mass is 9.65. The van der Waals surface area contributed by atoms with Crippen LogP contribution in [0.4, 0.5) is 4.39 Å². The van der Waals surface area contributed by atoms with Crippen LogP contribution in [0.1, 0.15) is 24.8 Å². The summed E-state index contributed by atoms with van der Waals surface area (Å²) in [7, 11) is 1.37. The summed E-state index contributed by atoms with van der Waals surface area (Å²) in [6, 6.07) is 4.42. The largest absolute Gasteiger partial charge is 0.469 e. The molecule has 1 aliphatic rings. The van der Waals surface area contributed by atoms with Crippen LogP contribution in [-0.2, 0) is 16.0 Å². The van der Waals surface area contributed by atoms with Crippen molar-refractivity contribution in [3.8, 4) is 0 Å². The molecule has 0 aromatic heterocycles. The number of hydrogen-bond acceptors (Lipinski definition) is 2. The maximum absolute atomic E-state index is 13.6. The summed E-state index contributed by atoms with van der Waals surface area (Å²) in [5, 5.41) is 0.487. The first-order valence-corrected chi connectivity index (χ1v) is 5.97. The van der Waals surface area contributed by atoms with Crippen molar-refractivity contribution in [2.45, 2.75) is 25.7 Å². The highest BCUT2D eigenvalue weighted by Crippen LogP contribution is 2.45. The van der Waals surface area contributed by atoms with Gasteiger partial charge in [-0.2, -0.15) is 0 Å². The normalized spacial score (nSPS) is 17.4. The summed E-state index contributed by atoms with van der Waals surface area (Å²) in [5.74, 6) is -0.562. The summed E-state index contributed by atoms with van der Waals surface area (Å²) in [6.07, 6.45) is 2.86. The fraction of sp³-hybridized carbons (Fsp3) is 0.462. The number of ether oxygens (including phenoxy) is 1. The molecule has 1 aromatic carbocycles. The fourth-order valence-electron chi connectivity index (χ4n) is 2.32. The smallest absolute Gasteiger partial charge is 0.312 e. The van der Waals surface area contributed by atoms with E-state index in [0.29, 0.717) is 17.0 Å². The van der Waals surface area contributed by atoms with E-state index in [-0.39, 0.29) is 11.8 Å². The van der Waals surface area contributed by atoms with Gasteiger partial charge in [0.1, 0.15) is 5.82 Å². The van der Waals surface area contributed by atoms with Crippen LogP contribution in [-0.4, -0.2) is 13.1 Å². The topological polar surface area (TPSA) is 26.3 Å². The number of carbonyl (C=O) groups excluding carboxylic acids is 1. The third kappa shape index (κ3) is 2.29. The van der Waals surface area contributed by atoms with Crippen LogP contribution >= 0.6 is 11.6 Å². The average molecular weight is 257 g/mol. The Balaban J connectivity index is 2.24. The first kappa shape index (κ1) is 12.4. The van der Waals surface area contributed by atoms with Crippen LogP contribution in [0, 0.1) is 11.2 Å². The lowest BCUT2D eigenvalue weighted by molar-refractivity contribution is -0.158. The van der Waals surface area contributed by atoms with Crippen LogP contribution < -0.4 is 0 Å². The predicted molar refractivity (Wildman–Crippen MR) is 63.4 cm³/mol. The summed E-state index contributed by atoms with van der Waals surface area (Å²) < 4.78 is 18.4. The Morgan fingerprint density at radius 3 is 2.76 bits per heavy atom. The quantitative estimate of drug-likeness (QED) is 0.775. The summed E-state index contributed by atoms with van der Waals surface area (Å²) in [4.78, 5) is 11.7. The molecule has 0 amide bonds. The van der Waals surface area contributed by atoms with Gasteiger partial charge in [0.2, 0.25) is 0 Å². The molecular formula is C13H14ClFO2. The number of halogens is 2. The minimum absolute atomic E-state index is 0.247. The van der Waals surface area contributed by atoms with Crippen LogP contribution in [0.15, 0.2) is 18.2 Å². The molecule has 0 bridgehead atoms. The zero-order valence-electron chi connectivity index (χ0n) is 9.63. The van der Waals surface area contributed by atoms with Crippen molar-refractivity contribution in [2.24, 2.45) is 5.41 Å². The van der Waals surface area contributed by atoms with Crippen molar-refractivity contribution < 1.29 is 13.9 Å². The molecule has 0 atom stereocenters. The number of esters is 1. The molecule has 17 heavy (non-hydrogen) atoms. The maximum Gasteiger partial charge on any atom is 0.312 e. The van der Waals surface area contributed by atoms with Crippen LogP contribution in [0.3, 0.4) is 0 Å². The molecule has 1 fully saturated rings. The minimum Gasteiger partial charge on any atom is -0.469 e. The van der Waals surface area contributed by atoms with Gasteiger partial charge in [0.15, 0.2) is 0 Å². The molecule has 0 saturated heterocycles. The standard InChI is InChI=1S/C13H14ClFO2/c1-17-12(16)13(5-2-6-13)8-9-7-10(14)3-4-11(9)15/h3-4,7H,2,5-6,8H2,1H3. The lowest BCUT2D eigenvalue weighted by Gasteiger charge is -2.39. The van der Waals surface area contributed by atoms with E-state index in [0.717, 1.165) is 19.3 Å². The van der Waals surface area contributed by atoms with E-state index in [4.69, 9.17) is 16.3 Å². The molecule has 2 rings (SSSR count). The maximum atomic E-state index is 13.6. The van der Waals surface area contributed by atoms with Crippen molar-refractivity contribution in [1.29, 1.82) is 0 Å². The molecule has 1 saturated carbocycles. The first-order chi connectivity index (χ1) is 8.07. The van der Waals surface area contributed by atoms with Crippen LogP contribution in [0.25, 0.3) is 0 Å². The summed E-state index contributed by atoms with van der Waals surface area (Å²) in [6.45, 7) is 0. The Labute approximate surface area is 105 Å². The Bertz CT molecular complexity index is 441. The van der Waals surface area contributed by atoms with E-state index in [9.17, 15) is 9.18 Å². The third-order valence-corrected chi connectivity index (χ3v) is 3.70. The Hall–Kier alpha value is -1.09. The summed E-state index contributed by atoms with van der Waals surface area (Å²) in [5.41, 5.74) is -0.0529. The first-order valence-electron chi connectivity index (χ1n) is 5.60. The van der Waals surface area contributed by atoms with Crippen molar-refractivity contribution in [2.75, 3.05) is 7.11 Å². The monoisotopic (exact) mass is 256 g/mol. The molecular weight excluding hydrogens is 243 g/mol. The van der Waals surface area contributed by atoms with Crippen LogP contribution in [0.5, 0.6) is 0 Å². The van der Waals surface area contributed by atoms with Gasteiger partial charge in [0.05, 0.1) is 12.5 Å². The Kier molecular flexibility index (Phi) is 3.38. The second kappa shape index (κ2) is 4.65. The van der Waals surface area contributed by atoms with Gasteiger partial charge < -0.3 is 4.74 Å². The Morgan fingerprint density at radius 2 is 2.24 bits per heavy atom. The van der Waals surface area contributed by atoms with Gasteiger partial charge in [0, 0.05) is 5.02 Å². The van der Waals surface area contributed by atoms with Gasteiger partial charge in [-0.05, 0) is 43.0 Å². The zero-order chi connectivity index (χ0) is 12.5. The SMILES string of the molecule is COC(=O)C1(Cc2cc(Cl)ccc2F)CCC1. The van der Waals surface area contributed by atoms with E-state index >= 15 is 0 Å². The molecule has 0 heterocycles. The van der Waals surface area contributed by atoms with Gasteiger partial charge in [-0.3, -0.25) is 4.79 Å². The van der Waals surface area contributed by atoms with Crippen molar-refractivity contribution >= 4 is 17.6 Å². The number of carbonyl (C=O) groups is 1. The number of methoxy groups -OCH3 is 1. The van der Waals surface area contributed by atoms with E-state index in [1.54, 1.807) is 6.07 Å². The Morgan fingerprint density at radius 1 is 1.53 bits per heavy atom. The highest BCUT2D eigenvalue weighted by Gasteiger charge is 2.45. The molecule has 1 aromatic rings. The molecule has 0 radical (unpaired) electrons. The molecule has 2 nitrogen and oxygen atoms in total. The van der Waals surface area contributed by atoms with Crippen LogP contribution in [0.2, 0.25) is 5.02 Å². The minimum atomic E-state index is -0.541. The van der Waals surface area contributed by atoms with E-state index in [1.165, 1.54) is 19.2 Å². The van der Waals surface area contributed by atoms with Gasteiger partial charge in [0.25, 0.3) is 0 Å². The molecule has 0 unspecified atom stereocenters. The average Bonchev–Trinajstić information content (AvgIpc) is 2.27. The molecule has 0 spiro atoms. The second-order valence-electron chi connectivity index (χ2n) is 4.54. The van der Waals surface area contributed by atoms with Gasteiger partial charge in [-0.1, -0.05) is 18.0 Å². The molecule has 0 aliphatic heterocycles. The third-order valence-electron chi connectivity index (χ3n) is 3.47. The van der Waals surface area contributed by atoms with Crippen molar-refractivity contribution in [3.05, 3.63) is 34.6 Å². The van der Waals surface area contributed by atoms with E-state index < -0.39 is 5.41 Å². The van der Waals surface area contributed by atoms with E-state index in [2.05, 4.69) is 0 Å². The highest BCUT2D eigenvalue weighted by molar-refractivity contribution is 6.30. The van der Waals surface area contributed by atoms with E-state index in [1.807, 2.05) is 0 Å². The van der Waals surface area contributed by atoms with Gasteiger partial charge in [-0.25, -0.2) is 4.39 Å². The lowest BCUT2D eigenvalue weighted by Crippen LogP contribution is -2.41. The van der Waals surface area contributed by atoms with Gasteiger partial charge >= 0.3 is 5.97 Å². The van der Waals surface area contributed by atoms with Gasteiger partial charge in [-0.15, -0.1) is 0 Å². The number of rotatable bonds is 3. The predicted octanol–water partition coefficient (Wildman–Crippen LogP) is 3.36. The summed E-state index contributed by atoms with van der Waals surface area (Å²) >= 11 is 5.84. The fourth-order valence-corrected chi connectivity index (χ4v) is 2.51. The highest BCUT2D eigenvalue weighted by atomic mass is 35.5. The molecule has 1 aliphatic carbocycles. The van der Waals surface area contributed by atoms with Crippen molar-refractivity contribution in [3.63, 3.8) is 0 Å². The molecule has 4 heteroatoms. The zero-order valence-corrected chi connectivity index (χ0v) is 10.4. The number of benzene rings is 1. The molecule has 92 valence electrons. The molecule has 0 N–H and O–H groups in total.